The highest BCUT2D eigenvalue weighted by atomic mass is 16.5. The molecule has 190 valence electrons. The Morgan fingerprint density at radius 3 is 1.80 bits per heavy atom. The van der Waals surface area contributed by atoms with Crippen LogP contribution in [-0.4, -0.2) is 46.8 Å². The van der Waals surface area contributed by atoms with Gasteiger partial charge in [0.1, 0.15) is 23.0 Å². The second-order valence-electron chi connectivity index (χ2n) is 8.74. The SMILES string of the molecule is CCCCOc1cc(/C=C/c2cc(OC)c(N3CCCC3)cc2OC)c(OCCCC)cc1C=O. The van der Waals surface area contributed by atoms with Gasteiger partial charge in [0.15, 0.2) is 6.29 Å². The van der Waals surface area contributed by atoms with Crippen LogP contribution in [0.4, 0.5) is 5.69 Å². The zero-order chi connectivity index (χ0) is 25.0. The molecule has 0 N–H and O–H groups in total. The molecule has 2 aromatic carbocycles. The van der Waals surface area contributed by atoms with Crippen LogP contribution in [0.15, 0.2) is 24.3 Å². The summed E-state index contributed by atoms with van der Waals surface area (Å²) >= 11 is 0. The van der Waals surface area contributed by atoms with Gasteiger partial charge in [0, 0.05) is 30.3 Å². The minimum atomic E-state index is 0.499. The first-order chi connectivity index (χ1) is 17.1. The van der Waals surface area contributed by atoms with Crippen molar-refractivity contribution in [3.05, 3.63) is 41.0 Å². The van der Waals surface area contributed by atoms with Gasteiger partial charge in [-0.25, -0.2) is 0 Å². The zero-order valence-electron chi connectivity index (χ0n) is 21.6. The fraction of sp³-hybridized carbons (Fsp3) is 0.483. The lowest BCUT2D eigenvalue weighted by molar-refractivity contribution is 0.111. The molecule has 1 heterocycles. The average Bonchev–Trinajstić information content (AvgIpc) is 3.42. The molecule has 6 heteroatoms. The van der Waals surface area contributed by atoms with Gasteiger partial charge in [0.05, 0.1) is 38.7 Å². The third-order valence-corrected chi connectivity index (χ3v) is 6.20. The summed E-state index contributed by atoms with van der Waals surface area (Å²) < 4.78 is 23.4. The molecule has 0 bridgehead atoms. The summed E-state index contributed by atoms with van der Waals surface area (Å²) in [6.07, 6.45) is 11.1. The largest absolute Gasteiger partial charge is 0.496 e. The van der Waals surface area contributed by atoms with Gasteiger partial charge in [-0.15, -0.1) is 0 Å². The Bertz CT molecular complexity index is 995. The van der Waals surface area contributed by atoms with Gasteiger partial charge in [0.25, 0.3) is 0 Å². The maximum Gasteiger partial charge on any atom is 0.153 e. The molecule has 0 radical (unpaired) electrons. The second kappa shape index (κ2) is 13.7. The van der Waals surface area contributed by atoms with Crippen molar-refractivity contribution in [1.29, 1.82) is 0 Å². The van der Waals surface area contributed by atoms with Crippen LogP contribution in [-0.2, 0) is 0 Å². The maximum atomic E-state index is 11.7. The predicted molar refractivity (Wildman–Crippen MR) is 143 cm³/mol. The van der Waals surface area contributed by atoms with Gasteiger partial charge in [-0.1, -0.05) is 38.8 Å². The number of carbonyl (C=O) groups excluding carboxylic acids is 1. The average molecular weight is 482 g/mol. The van der Waals surface area contributed by atoms with Crippen molar-refractivity contribution in [3.8, 4) is 23.0 Å². The molecule has 1 aliphatic rings. The Hall–Kier alpha value is -3.15. The van der Waals surface area contributed by atoms with Gasteiger partial charge in [-0.05, 0) is 43.9 Å². The fourth-order valence-electron chi connectivity index (χ4n) is 4.14. The monoisotopic (exact) mass is 481 g/mol. The molecule has 1 fully saturated rings. The Morgan fingerprint density at radius 1 is 0.743 bits per heavy atom. The van der Waals surface area contributed by atoms with Gasteiger partial charge in [-0.2, -0.15) is 0 Å². The lowest BCUT2D eigenvalue weighted by atomic mass is 10.1. The highest BCUT2D eigenvalue weighted by Crippen LogP contribution is 2.38. The summed E-state index contributed by atoms with van der Waals surface area (Å²) in [7, 11) is 3.39. The van der Waals surface area contributed by atoms with Crippen molar-refractivity contribution in [2.24, 2.45) is 0 Å². The Kier molecular flexibility index (Phi) is 10.3. The van der Waals surface area contributed by atoms with Crippen LogP contribution in [0.3, 0.4) is 0 Å². The predicted octanol–water partition coefficient (Wildman–Crippen LogP) is 6.64. The minimum Gasteiger partial charge on any atom is -0.496 e. The molecule has 2 aromatic rings. The third-order valence-electron chi connectivity index (χ3n) is 6.20. The van der Waals surface area contributed by atoms with Crippen LogP contribution < -0.4 is 23.8 Å². The number of methoxy groups -OCH3 is 2. The molecule has 3 rings (SSSR count). The van der Waals surface area contributed by atoms with E-state index in [0.29, 0.717) is 30.3 Å². The summed E-state index contributed by atoms with van der Waals surface area (Å²) in [5, 5.41) is 0. The molecule has 0 atom stereocenters. The number of anilines is 1. The van der Waals surface area contributed by atoms with E-state index < -0.39 is 0 Å². The quantitative estimate of drug-likeness (QED) is 0.171. The molecule has 0 unspecified atom stereocenters. The summed E-state index contributed by atoms with van der Waals surface area (Å²) in [6, 6.07) is 7.73. The van der Waals surface area contributed by atoms with Crippen LogP contribution in [0.5, 0.6) is 23.0 Å². The van der Waals surface area contributed by atoms with Crippen LogP contribution in [0.25, 0.3) is 12.2 Å². The number of hydrogen-bond acceptors (Lipinski definition) is 6. The van der Waals surface area contributed by atoms with Gasteiger partial charge >= 0.3 is 0 Å². The van der Waals surface area contributed by atoms with Crippen LogP contribution in [0.1, 0.15) is 73.9 Å². The first kappa shape index (κ1) is 26.5. The van der Waals surface area contributed by atoms with Crippen molar-refractivity contribution < 1.29 is 23.7 Å². The van der Waals surface area contributed by atoms with E-state index in [1.165, 1.54) is 12.8 Å². The van der Waals surface area contributed by atoms with E-state index in [0.717, 1.165) is 73.4 Å². The maximum absolute atomic E-state index is 11.7. The van der Waals surface area contributed by atoms with Crippen LogP contribution in [0.2, 0.25) is 0 Å². The van der Waals surface area contributed by atoms with Crippen molar-refractivity contribution in [2.45, 2.75) is 52.4 Å². The van der Waals surface area contributed by atoms with Gasteiger partial charge in [0.2, 0.25) is 0 Å². The molecule has 0 aromatic heterocycles. The number of ether oxygens (including phenoxy) is 4. The van der Waals surface area contributed by atoms with E-state index in [1.54, 1.807) is 20.3 Å². The molecular weight excluding hydrogens is 442 g/mol. The Labute approximate surface area is 209 Å². The molecule has 6 nitrogen and oxygen atoms in total. The Balaban J connectivity index is 1.97. The van der Waals surface area contributed by atoms with E-state index in [2.05, 4.69) is 24.8 Å². The number of aldehydes is 1. The van der Waals surface area contributed by atoms with Crippen molar-refractivity contribution in [3.63, 3.8) is 0 Å². The number of nitrogens with zero attached hydrogens (tertiary/aromatic N) is 1. The molecule has 1 saturated heterocycles. The number of hydrogen-bond donors (Lipinski definition) is 0. The highest BCUT2D eigenvalue weighted by molar-refractivity contribution is 5.84. The van der Waals surface area contributed by atoms with E-state index in [1.807, 2.05) is 24.3 Å². The molecular formula is C29H39NO5. The zero-order valence-corrected chi connectivity index (χ0v) is 21.6. The first-order valence-corrected chi connectivity index (χ1v) is 12.7. The summed E-state index contributed by atoms with van der Waals surface area (Å²) in [6.45, 7) is 7.44. The minimum absolute atomic E-state index is 0.499. The number of unbranched alkanes of at least 4 members (excludes halogenated alkanes) is 2. The van der Waals surface area contributed by atoms with Crippen molar-refractivity contribution in [2.75, 3.05) is 45.4 Å². The summed E-state index contributed by atoms with van der Waals surface area (Å²) in [5.41, 5.74) is 3.31. The van der Waals surface area contributed by atoms with E-state index in [-0.39, 0.29) is 0 Å². The molecule has 35 heavy (non-hydrogen) atoms. The van der Waals surface area contributed by atoms with E-state index in [4.69, 9.17) is 18.9 Å². The molecule has 0 amide bonds. The number of rotatable bonds is 14. The smallest absolute Gasteiger partial charge is 0.153 e. The lowest BCUT2D eigenvalue weighted by Gasteiger charge is -2.22. The van der Waals surface area contributed by atoms with Gasteiger partial charge in [-0.3, -0.25) is 4.79 Å². The molecule has 0 spiro atoms. The third kappa shape index (κ3) is 6.93. The second-order valence-corrected chi connectivity index (χ2v) is 8.74. The molecule has 0 saturated carbocycles. The van der Waals surface area contributed by atoms with Crippen molar-refractivity contribution >= 4 is 24.1 Å². The standard InChI is InChI=1S/C29H39NO5/c1-5-7-15-34-27-19-24(21-31)28(35-16-8-6-2)17-23(27)12-11-22-18-29(33-4)25(20-26(22)32-3)30-13-9-10-14-30/h11-12,17-21H,5-10,13-16H2,1-4H3/b12-11+. The molecule has 0 aliphatic carbocycles. The number of benzene rings is 2. The first-order valence-electron chi connectivity index (χ1n) is 12.7. The van der Waals surface area contributed by atoms with E-state index >= 15 is 0 Å². The summed E-state index contributed by atoms with van der Waals surface area (Å²) in [4.78, 5) is 14.1. The summed E-state index contributed by atoms with van der Waals surface area (Å²) in [5.74, 6) is 2.84. The topological polar surface area (TPSA) is 57.2 Å². The highest BCUT2D eigenvalue weighted by Gasteiger charge is 2.19. The number of carbonyl (C=O) groups is 1. The lowest BCUT2D eigenvalue weighted by Crippen LogP contribution is -2.18. The van der Waals surface area contributed by atoms with Crippen molar-refractivity contribution in [1.82, 2.24) is 0 Å². The van der Waals surface area contributed by atoms with Crippen LogP contribution >= 0.6 is 0 Å². The van der Waals surface area contributed by atoms with E-state index in [9.17, 15) is 4.79 Å². The normalized spacial score (nSPS) is 13.3. The van der Waals surface area contributed by atoms with Gasteiger partial charge < -0.3 is 23.8 Å². The Morgan fingerprint density at radius 2 is 1.26 bits per heavy atom. The molecule has 1 aliphatic heterocycles. The fourth-order valence-corrected chi connectivity index (χ4v) is 4.14. The van der Waals surface area contributed by atoms with Crippen LogP contribution in [0, 0.1) is 0 Å².